The molecule has 0 amide bonds. The second kappa shape index (κ2) is 8.82. The van der Waals surface area contributed by atoms with Crippen molar-refractivity contribution >= 4 is 17.7 Å². The lowest BCUT2D eigenvalue weighted by molar-refractivity contribution is -0.139. The predicted molar refractivity (Wildman–Crippen MR) is 76.5 cm³/mol. The first-order chi connectivity index (χ1) is 9.15. The average Bonchev–Trinajstić information content (AvgIpc) is 2.36. The molecule has 5 heteroatoms. The zero-order valence-corrected chi connectivity index (χ0v) is 12.4. The van der Waals surface area contributed by atoms with Crippen molar-refractivity contribution in [2.24, 2.45) is 0 Å². The van der Waals surface area contributed by atoms with E-state index in [1.165, 1.54) is 11.8 Å². The molecule has 0 unspecified atom stereocenters. The smallest absolute Gasteiger partial charge is 0.315 e. The zero-order valence-electron chi connectivity index (χ0n) is 11.6. The third-order valence-electron chi connectivity index (χ3n) is 2.25. The highest BCUT2D eigenvalue weighted by molar-refractivity contribution is 7.99. The lowest BCUT2D eigenvalue weighted by Gasteiger charge is -2.09. The monoisotopic (exact) mass is 284 g/mol. The van der Waals surface area contributed by atoms with Crippen molar-refractivity contribution in [3.05, 3.63) is 29.3 Å². The lowest BCUT2D eigenvalue weighted by Crippen LogP contribution is -2.06. The Kier molecular flexibility index (Phi) is 7.36. The molecular weight excluding hydrogens is 264 g/mol. The average molecular weight is 284 g/mol. The minimum atomic E-state index is -0.170. The first-order valence-electron chi connectivity index (χ1n) is 6.11. The fourth-order valence-corrected chi connectivity index (χ4v) is 2.33. The molecule has 1 aromatic rings. The molecule has 0 saturated carbocycles. The molecule has 19 heavy (non-hydrogen) atoms. The van der Waals surface area contributed by atoms with Gasteiger partial charge in [0.1, 0.15) is 5.75 Å². The summed E-state index contributed by atoms with van der Waals surface area (Å²) in [6, 6.07) is 6.00. The van der Waals surface area contributed by atoms with Crippen LogP contribution < -0.4 is 4.74 Å². The normalized spacial score (nSPS) is 10.3. The van der Waals surface area contributed by atoms with Crippen LogP contribution in [0.2, 0.25) is 0 Å². The Morgan fingerprint density at radius 2 is 2.11 bits per heavy atom. The molecule has 0 aromatic heterocycles. The van der Waals surface area contributed by atoms with Gasteiger partial charge in [0.2, 0.25) is 0 Å². The van der Waals surface area contributed by atoms with Crippen molar-refractivity contribution in [1.29, 1.82) is 0 Å². The molecule has 1 rings (SSSR count). The molecule has 0 saturated heterocycles. The number of aryl methyl sites for hydroxylation is 1. The van der Waals surface area contributed by atoms with Crippen molar-refractivity contribution in [2.45, 2.75) is 19.6 Å². The minimum absolute atomic E-state index is 0.170. The van der Waals surface area contributed by atoms with Crippen LogP contribution in [0.25, 0.3) is 0 Å². The second-order valence-electron chi connectivity index (χ2n) is 4.00. The van der Waals surface area contributed by atoms with E-state index in [4.69, 9.17) is 14.2 Å². The second-order valence-corrected chi connectivity index (χ2v) is 4.99. The number of ether oxygens (including phenoxy) is 3. The Bertz CT molecular complexity index is 406. The topological polar surface area (TPSA) is 44.8 Å². The van der Waals surface area contributed by atoms with Gasteiger partial charge in [-0.25, -0.2) is 0 Å². The van der Waals surface area contributed by atoms with Crippen LogP contribution in [0.3, 0.4) is 0 Å². The third-order valence-corrected chi connectivity index (χ3v) is 3.23. The molecule has 0 N–H and O–H groups in total. The molecule has 0 spiro atoms. The van der Waals surface area contributed by atoms with Crippen LogP contribution in [0.1, 0.15) is 18.1 Å². The van der Waals surface area contributed by atoms with E-state index in [2.05, 4.69) is 6.07 Å². The quantitative estimate of drug-likeness (QED) is 0.542. The molecule has 106 valence electrons. The number of hydrogen-bond donors (Lipinski definition) is 0. The first-order valence-corrected chi connectivity index (χ1v) is 7.26. The van der Waals surface area contributed by atoms with Gasteiger partial charge in [-0.1, -0.05) is 6.07 Å². The molecule has 0 aliphatic rings. The Labute approximate surface area is 118 Å². The maximum atomic E-state index is 11.2. The minimum Gasteiger partial charge on any atom is -0.468 e. The van der Waals surface area contributed by atoms with Crippen LogP contribution in [0.5, 0.6) is 5.75 Å². The highest BCUT2D eigenvalue weighted by atomic mass is 32.2. The van der Waals surface area contributed by atoms with Gasteiger partial charge in [-0.3, -0.25) is 4.79 Å². The van der Waals surface area contributed by atoms with E-state index in [1.54, 1.807) is 7.11 Å². The van der Waals surface area contributed by atoms with Crippen LogP contribution in [-0.2, 0) is 20.0 Å². The van der Waals surface area contributed by atoms with Crippen molar-refractivity contribution in [1.82, 2.24) is 0 Å². The number of carbonyl (C=O) groups is 1. The molecular formula is C14H20O4S. The Morgan fingerprint density at radius 1 is 1.32 bits per heavy atom. The number of hydrogen-bond acceptors (Lipinski definition) is 5. The third kappa shape index (κ3) is 6.50. The number of rotatable bonds is 8. The fourth-order valence-electron chi connectivity index (χ4n) is 1.57. The van der Waals surface area contributed by atoms with E-state index in [0.29, 0.717) is 12.4 Å². The summed E-state index contributed by atoms with van der Waals surface area (Å²) in [6.45, 7) is 4.49. The lowest BCUT2D eigenvalue weighted by atomic mass is 10.1. The van der Waals surface area contributed by atoms with Crippen LogP contribution >= 0.6 is 11.8 Å². The van der Waals surface area contributed by atoms with Gasteiger partial charge in [0.25, 0.3) is 0 Å². The molecule has 0 aliphatic heterocycles. The van der Waals surface area contributed by atoms with Gasteiger partial charge >= 0.3 is 5.97 Å². The summed E-state index contributed by atoms with van der Waals surface area (Å²) in [5.41, 5.74) is 2.25. The highest BCUT2D eigenvalue weighted by Gasteiger charge is 2.04. The fraction of sp³-hybridized carbons (Fsp3) is 0.500. The standard InChI is InChI=1S/C14H20O4S/c1-4-17-14(15)9-19-8-12-5-11(2)6-13(7-12)18-10-16-3/h5-7H,4,8-10H2,1-3H3. The van der Waals surface area contributed by atoms with E-state index >= 15 is 0 Å². The van der Waals surface area contributed by atoms with Crippen molar-refractivity contribution < 1.29 is 19.0 Å². The molecule has 0 atom stereocenters. The number of benzene rings is 1. The summed E-state index contributed by atoms with van der Waals surface area (Å²) in [5.74, 6) is 1.74. The van der Waals surface area contributed by atoms with Gasteiger partial charge in [0.05, 0.1) is 12.4 Å². The van der Waals surface area contributed by atoms with Gasteiger partial charge in [0.15, 0.2) is 6.79 Å². The number of carbonyl (C=O) groups excluding carboxylic acids is 1. The molecule has 0 radical (unpaired) electrons. The maximum absolute atomic E-state index is 11.2. The Hall–Kier alpha value is -1.20. The predicted octanol–water partition coefficient (Wildman–Crippen LogP) is 2.77. The zero-order chi connectivity index (χ0) is 14.1. The highest BCUT2D eigenvalue weighted by Crippen LogP contribution is 2.21. The van der Waals surface area contributed by atoms with Crippen LogP contribution in [0.15, 0.2) is 18.2 Å². The van der Waals surface area contributed by atoms with Gasteiger partial charge in [-0.2, -0.15) is 0 Å². The van der Waals surface area contributed by atoms with Crippen LogP contribution in [0.4, 0.5) is 0 Å². The van der Waals surface area contributed by atoms with Crippen molar-refractivity contribution in [2.75, 3.05) is 26.3 Å². The number of methoxy groups -OCH3 is 1. The van der Waals surface area contributed by atoms with Crippen LogP contribution in [-0.4, -0.2) is 32.2 Å². The molecule has 1 aromatic carbocycles. The summed E-state index contributed by atoms with van der Waals surface area (Å²) in [4.78, 5) is 11.2. The SMILES string of the molecule is CCOC(=O)CSCc1cc(C)cc(OCOC)c1. The van der Waals surface area contributed by atoms with Gasteiger partial charge in [-0.15, -0.1) is 11.8 Å². The van der Waals surface area contributed by atoms with E-state index in [1.807, 2.05) is 26.0 Å². The van der Waals surface area contributed by atoms with E-state index < -0.39 is 0 Å². The largest absolute Gasteiger partial charge is 0.468 e. The van der Waals surface area contributed by atoms with E-state index in [-0.39, 0.29) is 12.8 Å². The maximum Gasteiger partial charge on any atom is 0.315 e. The molecule has 4 nitrogen and oxygen atoms in total. The summed E-state index contributed by atoms with van der Waals surface area (Å²) < 4.78 is 15.2. The van der Waals surface area contributed by atoms with E-state index in [9.17, 15) is 4.79 Å². The summed E-state index contributed by atoms with van der Waals surface area (Å²) in [6.07, 6.45) is 0. The molecule has 0 aliphatic carbocycles. The summed E-state index contributed by atoms with van der Waals surface area (Å²) in [7, 11) is 1.59. The Balaban J connectivity index is 2.48. The number of thioether (sulfide) groups is 1. The Morgan fingerprint density at radius 3 is 2.79 bits per heavy atom. The summed E-state index contributed by atoms with van der Waals surface area (Å²) in [5, 5.41) is 0. The van der Waals surface area contributed by atoms with Crippen molar-refractivity contribution in [3.8, 4) is 5.75 Å². The van der Waals surface area contributed by atoms with E-state index in [0.717, 1.165) is 22.6 Å². The summed E-state index contributed by atoms with van der Waals surface area (Å²) >= 11 is 1.53. The molecule has 0 heterocycles. The molecule has 0 fully saturated rings. The van der Waals surface area contributed by atoms with Gasteiger partial charge in [-0.05, 0) is 37.1 Å². The number of esters is 1. The van der Waals surface area contributed by atoms with Gasteiger partial charge in [0, 0.05) is 12.9 Å². The first kappa shape index (κ1) is 15.9. The van der Waals surface area contributed by atoms with Crippen LogP contribution in [0, 0.1) is 6.92 Å². The van der Waals surface area contributed by atoms with Gasteiger partial charge < -0.3 is 14.2 Å². The van der Waals surface area contributed by atoms with Crippen molar-refractivity contribution in [3.63, 3.8) is 0 Å². The molecule has 0 bridgehead atoms.